The Morgan fingerprint density at radius 1 is 1.47 bits per heavy atom. The molecule has 2 N–H and O–H groups in total. The molecule has 1 unspecified atom stereocenters. The molecule has 0 bridgehead atoms. The number of imidazole rings is 1. The van der Waals surface area contributed by atoms with Crippen molar-refractivity contribution in [3.63, 3.8) is 0 Å². The predicted octanol–water partition coefficient (Wildman–Crippen LogP) is 2.99. The van der Waals surface area contributed by atoms with E-state index in [1.165, 1.54) is 0 Å². The smallest absolute Gasteiger partial charge is 0.201 e. The van der Waals surface area contributed by atoms with E-state index >= 15 is 0 Å². The van der Waals surface area contributed by atoms with E-state index in [9.17, 15) is 0 Å². The number of rotatable bonds is 4. The van der Waals surface area contributed by atoms with Gasteiger partial charge in [-0.25, -0.2) is 4.98 Å². The van der Waals surface area contributed by atoms with Crippen LogP contribution < -0.4 is 5.32 Å². The first kappa shape index (κ1) is 10.3. The summed E-state index contributed by atoms with van der Waals surface area (Å²) in [5, 5.41) is 3.41. The van der Waals surface area contributed by atoms with Crippen LogP contribution in [0.3, 0.4) is 0 Å². The molecule has 0 aliphatic rings. The second-order valence-corrected chi connectivity index (χ2v) is 4.34. The number of fused-ring (bicyclic) bond motifs is 1. The number of halogens is 1. The lowest BCUT2D eigenvalue weighted by molar-refractivity contribution is 0.837. The summed E-state index contributed by atoms with van der Waals surface area (Å²) in [4.78, 5) is 7.60. The number of aromatic amines is 1. The van der Waals surface area contributed by atoms with Crippen LogP contribution in [0.2, 0.25) is 0 Å². The van der Waals surface area contributed by atoms with E-state index in [4.69, 9.17) is 11.6 Å². The normalized spacial score (nSPS) is 12.9. The standard InChI is InChI=1S/C11H14ClN3/c1-8(12)6-7-13-11-14-9-4-2-3-5-10(9)15-11/h2-5,8H,6-7H2,1H3,(H2,13,14,15). The Balaban J connectivity index is 2.03. The molecule has 1 heterocycles. The Hall–Kier alpha value is -1.22. The van der Waals surface area contributed by atoms with Crippen molar-refractivity contribution in [1.29, 1.82) is 0 Å². The average Bonchev–Trinajstić information content (AvgIpc) is 2.59. The Labute approximate surface area is 93.9 Å². The molecule has 0 fully saturated rings. The fraction of sp³-hybridized carbons (Fsp3) is 0.364. The van der Waals surface area contributed by atoms with Gasteiger partial charge in [-0.2, -0.15) is 0 Å². The van der Waals surface area contributed by atoms with Gasteiger partial charge in [-0.15, -0.1) is 11.6 Å². The van der Waals surface area contributed by atoms with Crippen molar-refractivity contribution in [3.8, 4) is 0 Å². The van der Waals surface area contributed by atoms with Crippen LogP contribution in [0.1, 0.15) is 13.3 Å². The molecule has 0 aliphatic carbocycles. The molecule has 0 amide bonds. The molecule has 1 atom stereocenters. The Kier molecular flexibility index (Phi) is 3.11. The Morgan fingerprint density at radius 3 is 3.00 bits per heavy atom. The number of alkyl halides is 1. The molecule has 80 valence electrons. The van der Waals surface area contributed by atoms with Crippen LogP contribution in [-0.4, -0.2) is 21.9 Å². The SMILES string of the molecule is CC(Cl)CCNc1nc2ccccc2[nH]1. The third kappa shape index (κ3) is 2.63. The van der Waals surface area contributed by atoms with Crippen molar-refractivity contribution in [2.45, 2.75) is 18.7 Å². The van der Waals surface area contributed by atoms with E-state index in [2.05, 4.69) is 15.3 Å². The van der Waals surface area contributed by atoms with Gasteiger partial charge in [-0.05, 0) is 25.5 Å². The molecular weight excluding hydrogens is 210 g/mol. The summed E-state index contributed by atoms with van der Waals surface area (Å²) in [5.74, 6) is 0.813. The van der Waals surface area contributed by atoms with Crippen molar-refractivity contribution in [3.05, 3.63) is 24.3 Å². The number of anilines is 1. The van der Waals surface area contributed by atoms with Gasteiger partial charge in [0.25, 0.3) is 0 Å². The largest absolute Gasteiger partial charge is 0.356 e. The monoisotopic (exact) mass is 223 g/mol. The van der Waals surface area contributed by atoms with E-state index in [-0.39, 0.29) is 5.38 Å². The molecule has 0 aliphatic heterocycles. The topological polar surface area (TPSA) is 40.7 Å². The van der Waals surface area contributed by atoms with Gasteiger partial charge in [-0.3, -0.25) is 0 Å². The summed E-state index contributed by atoms with van der Waals surface area (Å²) < 4.78 is 0. The second kappa shape index (κ2) is 4.53. The Bertz CT molecular complexity index is 403. The van der Waals surface area contributed by atoms with Crippen LogP contribution in [0.4, 0.5) is 5.95 Å². The number of nitrogens with zero attached hydrogens (tertiary/aromatic N) is 1. The second-order valence-electron chi connectivity index (χ2n) is 3.60. The fourth-order valence-electron chi connectivity index (χ4n) is 1.43. The van der Waals surface area contributed by atoms with Crippen LogP contribution in [0.15, 0.2) is 24.3 Å². The minimum absolute atomic E-state index is 0.196. The molecule has 1 aromatic heterocycles. The summed E-state index contributed by atoms with van der Waals surface area (Å²) in [6.45, 7) is 2.83. The van der Waals surface area contributed by atoms with Crippen LogP contribution in [0, 0.1) is 0 Å². The lowest BCUT2D eigenvalue weighted by Crippen LogP contribution is -2.07. The quantitative estimate of drug-likeness (QED) is 0.783. The molecule has 0 saturated heterocycles. The first-order chi connectivity index (χ1) is 7.25. The molecule has 0 radical (unpaired) electrons. The zero-order valence-corrected chi connectivity index (χ0v) is 9.38. The van der Waals surface area contributed by atoms with E-state index in [0.29, 0.717) is 0 Å². The molecule has 4 heteroatoms. The lowest BCUT2D eigenvalue weighted by atomic mass is 10.3. The van der Waals surface area contributed by atoms with Crippen LogP contribution in [0.5, 0.6) is 0 Å². The number of para-hydroxylation sites is 2. The summed E-state index contributed by atoms with van der Waals surface area (Å²) in [7, 11) is 0. The third-order valence-electron chi connectivity index (χ3n) is 2.22. The number of aromatic nitrogens is 2. The first-order valence-electron chi connectivity index (χ1n) is 5.08. The summed E-state index contributed by atoms with van der Waals surface area (Å²) in [5.41, 5.74) is 2.04. The molecule has 1 aromatic carbocycles. The predicted molar refractivity (Wildman–Crippen MR) is 64.5 cm³/mol. The summed E-state index contributed by atoms with van der Waals surface area (Å²) >= 11 is 5.85. The summed E-state index contributed by atoms with van der Waals surface area (Å²) in [6.07, 6.45) is 0.929. The third-order valence-corrected chi connectivity index (χ3v) is 2.44. The zero-order chi connectivity index (χ0) is 10.7. The maximum Gasteiger partial charge on any atom is 0.201 e. The highest BCUT2D eigenvalue weighted by molar-refractivity contribution is 6.20. The van der Waals surface area contributed by atoms with Gasteiger partial charge in [0, 0.05) is 11.9 Å². The number of hydrogen-bond donors (Lipinski definition) is 2. The lowest BCUT2D eigenvalue weighted by Gasteiger charge is -2.03. The van der Waals surface area contributed by atoms with Crippen molar-refractivity contribution >= 4 is 28.6 Å². The molecular formula is C11H14ClN3. The molecule has 2 aromatic rings. The molecule has 0 spiro atoms. The van der Waals surface area contributed by atoms with Gasteiger partial charge in [0.05, 0.1) is 11.0 Å². The van der Waals surface area contributed by atoms with Gasteiger partial charge in [0.15, 0.2) is 0 Å². The molecule has 3 nitrogen and oxygen atoms in total. The summed E-state index contributed by atoms with van der Waals surface area (Å²) in [6, 6.07) is 7.97. The fourth-order valence-corrected chi connectivity index (χ4v) is 1.54. The molecule has 0 saturated carbocycles. The van der Waals surface area contributed by atoms with Crippen LogP contribution >= 0.6 is 11.6 Å². The number of H-pyrrole nitrogens is 1. The molecule has 2 rings (SSSR count). The maximum atomic E-state index is 5.85. The number of hydrogen-bond acceptors (Lipinski definition) is 2. The number of nitrogens with one attached hydrogen (secondary N) is 2. The van der Waals surface area contributed by atoms with E-state index in [0.717, 1.165) is 29.9 Å². The average molecular weight is 224 g/mol. The Morgan fingerprint density at radius 2 is 2.27 bits per heavy atom. The highest BCUT2D eigenvalue weighted by Crippen LogP contribution is 2.13. The van der Waals surface area contributed by atoms with Gasteiger partial charge >= 0.3 is 0 Å². The highest BCUT2D eigenvalue weighted by Gasteiger charge is 2.01. The van der Waals surface area contributed by atoms with Crippen LogP contribution in [0.25, 0.3) is 11.0 Å². The van der Waals surface area contributed by atoms with E-state index in [1.54, 1.807) is 0 Å². The maximum absolute atomic E-state index is 5.85. The number of benzene rings is 1. The van der Waals surface area contributed by atoms with Crippen molar-refractivity contribution < 1.29 is 0 Å². The van der Waals surface area contributed by atoms with E-state index in [1.807, 2.05) is 31.2 Å². The minimum atomic E-state index is 0.196. The zero-order valence-electron chi connectivity index (χ0n) is 8.63. The van der Waals surface area contributed by atoms with Gasteiger partial charge < -0.3 is 10.3 Å². The van der Waals surface area contributed by atoms with Gasteiger partial charge in [0.2, 0.25) is 5.95 Å². The van der Waals surface area contributed by atoms with Crippen molar-refractivity contribution in [1.82, 2.24) is 9.97 Å². The first-order valence-corrected chi connectivity index (χ1v) is 5.52. The highest BCUT2D eigenvalue weighted by atomic mass is 35.5. The van der Waals surface area contributed by atoms with Crippen LogP contribution in [-0.2, 0) is 0 Å². The van der Waals surface area contributed by atoms with Gasteiger partial charge in [-0.1, -0.05) is 12.1 Å². The minimum Gasteiger partial charge on any atom is -0.356 e. The van der Waals surface area contributed by atoms with Crippen molar-refractivity contribution in [2.24, 2.45) is 0 Å². The van der Waals surface area contributed by atoms with E-state index < -0.39 is 0 Å². The van der Waals surface area contributed by atoms with Crippen molar-refractivity contribution in [2.75, 3.05) is 11.9 Å². The van der Waals surface area contributed by atoms with Gasteiger partial charge in [0.1, 0.15) is 0 Å². The molecule has 15 heavy (non-hydrogen) atoms.